The Labute approximate surface area is 103 Å². The maximum absolute atomic E-state index is 9.23. The molecule has 0 aromatic heterocycles. The summed E-state index contributed by atoms with van der Waals surface area (Å²) in [5.74, 6) is 1.17. The fourth-order valence-electron chi connectivity index (χ4n) is 2.48. The molecule has 0 amide bonds. The van der Waals surface area contributed by atoms with Crippen molar-refractivity contribution in [2.45, 2.75) is 19.4 Å². The highest BCUT2D eigenvalue weighted by Crippen LogP contribution is 2.15. The van der Waals surface area contributed by atoms with Crippen LogP contribution in [0, 0.1) is 5.92 Å². The molecule has 17 heavy (non-hydrogen) atoms. The Hall–Kier alpha value is -1.06. The van der Waals surface area contributed by atoms with Gasteiger partial charge >= 0.3 is 0 Å². The molecule has 1 aliphatic rings. The van der Waals surface area contributed by atoms with Crippen LogP contribution in [0.15, 0.2) is 24.3 Å². The SMILES string of the molecule is CN(Cc1ccc(O)cc1)CC1CCNCC1. The molecule has 1 aliphatic heterocycles. The van der Waals surface area contributed by atoms with E-state index < -0.39 is 0 Å². The van der Waals surface area contributed by atoms with Crippen LogP contribution in [0.25, 0.3) is 0 Å². The van der Waals surface area contributed by atoms with Crippen LogP contribution in [0.3, 0.4) is 0 Å². The monoisotopic (exact) mass is 234 g/mol. The second-order valence-electron chi connectivity index (χ2n) is 5.06. The molecule has 94 valence electrons. The van der Waals surface area contributed by atoms with Crippen LogP contribution in [0.1, 0.15) is 18.4 Å². The van der Waals surface area contributed by atoms with E-state index in [1.165, 1.54) is 24.9 Å². The largest absolute Gasteiger partial charge is 0.508 e. The Morgan fingerprint density at radius 3 is 2.53 bits per heavy atom. The second-order valence-corrected chi connectivity index (χ2v) is 5.06. The molecule has 1 aromatic rings. The minimum Gasteiger partial charge on any atom is -0.508 e. The van der Waals surface area contributed by atoms with Crippen molar-refractivity contribution in [1.82, 2.24) is 10.2 Å². The molecule has 0 aliphatic carbocycles. The van der Waals surface area contributed by atoms with Crippen molar-refractivity contribution in [3.05, 3.63) is 29.8 Å². The molecule has 1 fully saturated rings. The van der Waals surface area contributed by atoms with Gasteiger partial charge in [0.05, 0.1) is 0 Å². The fourth-order valence-corrected chi connectivity index (χ4v) is 2.48. The molecular formula is C14H22N2O. The first-order valence-corrected chi connectivity index (χ1v) is 6.41. The van der Waals surface area contributed by atoms with Crippen LogP contribution in [-0.2, 0) is 6.54 Å². The molecule has 0 radical (unpaired) electrons. The van der Waals surface area contributed by atoms with Gasteiger partial charge in [0.25, 0.3) is 0 Å². The lowest BCUT2D eigenvalue weighted by molar-refractivity contribution is 0.234. The van der Waals surface area contributed by atoms with Crippen LogP contribution in [0.4, 0.5) is 0 Å². The van der Waals surface area contributed by atoms with Crippen molar-refractivity contribution in [1.29, 1.82) is 0 Å². The molecule has 0 spiro atoms. The lowest BCUT2D eigenvalue weighted by atomic mass is 9.97. The van der Waals surface area contributed by atoms with Crippen LogP contribution >= 0.6 is 0 Å². The number of nitrogens with zero attached hydrogens (tertiary/aromatic N) is 1. The Kier molecular flexibility index (Phi) is 4.40. The molecule has 0 bridgehead atoms. The molecule has 2 rings (SSSR count). The molecule has 0 unspecified atom stereocenters. The van der Waals surface area contributed by atoms with Crippen LogP contribution in [-0.4, -0.2) is 36.7 Å². The highest BCUT2D eigenvalue weighted by atomic mass is 16.3. The highest BCUT2D eigenvalue weighted by molar-refractivity contribution is 5.25. The lowest BCUT2D eigenvalue weighted by Crippen LogP contribution is -2.34. The zero-order chi connectivity index (χ0) is 12.1. The Morgan fingerprint density at radius 1 is 1.24 bits per heavy atom. The topological polar surface area (TPSA) is 35.5 Å². The molecule has 1 saturated heterocycles. The van der Waals surface area contributed by atoms with Crippen molar-refractivity contribution < 1.29 is 5.11 Å². The summed E-state index contributed by atoms with van der Waals surface area (Å²) in [6, 6.07) is 7.50. The normalized spacial score (nSPS) is 17.5. The quantitative estimate of drug-likeness (QED) is 0.834. The number of benzene rings is 1. The standard InChI is InChI=1S/C14H22N2O/c1-16(11-13-6-8-15-9-7-13)10-12-2-4-14(17)5-3-12/h2-5,13,15,17H,6-11H2,1H3. The smallest absolute Gasteiger partial charge is 0.115 e. The minimum atomic E-state index is 0.342. The third-order valence-electron chi connectivity index (χ3n) is 3.42. The minimum absolute atomic E-state index is 0.342. The zero-order valence-electron chi connectivity index (χ0n) is 10.5. The first-order valence-electron chi connectivity index (χ1n) is 6.41. The number of hydrogen-bond donors (Lipinski definition) is 2. The van der Waals surface area contributed by atoms with E-state index in [1.807, 2.05) is 12.1 Å². The average Bonchev–Trinajstić information content (AvgIpc) is 2.33. The molecule has 3 nitrogen and oxygen atoms in total. The van der Waals surface area contributed by atoms with E-state index in [0.29, 0.717) is 5.75 Å². The number of piperidine rings is 1. The van der Waals surface area contributed by atoms with Crippen LogP contribution in [0.5, 0.6) is 5.75 Å². The van der Waals surface area contributed by atoms with Crippen molar-refractivity contribution >= 4 is 0 Å². The first-order chi connectivity index (χ1) is 8.24. The summed E-state index contributed by atoms with van der Waals surface area (Å²) in [4.78, 5) is 2.38. The van der Waals surface area contributed by atoms with Crippen LogP contribution < -0.4 is 5.32 Å². The summed E-state index contributed by atoms with van der Waals surface area (Å²) in [6.45, 7) is 4.46. The zero-order valence-corrected chi connectivity index (χ0v) is 10.5. The van der Waals surface area contributed by atoms with Gasteiger partial charge < -0.3 is 15.3 Å². The summed E-state index contributed by atoms with van der Waals surface area (Å²) in [5, 5.41) is 12.6. The van der Waals surface area contributed by atoms with E-state index in [1.54, 1.807) is 12.1 Å². The molecule has 0 atom stereocenters. The third kappa shape index (κ3) is 4.02. The number of nitrogens with one attached hydrogen (secondary N) is 1. The van der Waals surface area contributed by atoms with E-state index in [9.17, 15) is 5.11 Å². The summed E-state index contributed by atoms with van der Waals surface area (Å²) >= 11 is 0. The average molecular weight is 234 g/mol. The predicted molar refractivity (Wildman–Crippen MR) is 70.0 cm³/mol. The first kappa shape index (κ1) is 12.4. The third-order valence-corrected chi connectivity index (χ3v) is 3.42. The predicted octanol–water partition coefficient (Wildman–Crippen LogP) is 1.82. The number of phenols is 1. The molecule has 2 N–H and O–H groups in total. The van der Waals surface area contributed by atoms with E-state index in [0.717, 1.165) is 25.6 Å². The Balaban J connectivity index is 1.79. The molecule has 0 saturated carbocycles. The van der Waals surface area contributed by atoms with Gasteiger partial charge in [-0.25, -0.2) is 0 Å². The second kappa shape index (κ2) is 6.03. The van der Waals surface area contributed by atoms with E-state index in [4.69, 9.17) is 0 Å². The molecular weight excluding hydrogens is 212 g/mol. The molecule has 1 aromatic carbocycles. The Bertz CT molecular complexity index is 331. The highest BCUT2D eigenvalue weighted by Gasteiger charge is 2.14. The summed E-state index contributed by atoms with van der Waals surface area (Å²) in [5.41, 5.74) is 1.26. The maximum atomic E-state index is 9.23. The van der Waals surface area contributed by atoms with E-state index in [-0.39, 0.29) is 0 Å². The van der Waals surface area contributed by atoms with Gasteiger partial charge in [-0.15, -0.1) is 0 Å². The number of hydrogen-bond acceptors (Lipinski definition) is 3. The van der Waals surface area contributed by atoms with Gasteiger partial charge in [-0.05, 0) is 56.6 Å². The van der Waals surface area contributed by atoms with E-state index in [2.05, 4.69) is 17.3 Å². The number of aromatic hydroxyl groups is 1. The lowest BCUT2D eigenvalue weighted by Gasteiger charge is -2.27. The van der Waals surface area contributed by atoms with Gasteiger partial charge in [0.2, 0.25) is 0 Å². The van der Waals surface area contributed by atoms with Gasteiger partial charge in [-0.1, -0.05) is 12.1 Å². The van der Waals surface area contributed by atoms with Crippen molar-refractivity contribution in [2.75, 3.05) is 26.7 Å². The number of rotatable bonds is 4. The van der Waals surface area contributed by atoms with Gasteiger partial charge in [0, 0.05) is 13.1 Å². The van der Waals surface area contributed by atoms with Gasteiger partial charge in [0.15, 0.2) is 0 Å². The van der Waals surface area contributed by atoms with Crippen molar-refractivity contribution in [3.63, 3.8) is 0 Å². The molecule has 3 heteroatoms. The van der Waals surface area contributed by atoms with Crippen LogP contribution in [0.2, 0.25) is 0 Å². The summed E-state index contributed by atoms with van der Waals surface area (Å²) < 4.78 is 0. The van der Waals surface area contributed by atoms with Crippen molar-refractivity contribution in [2.24, 2.45) is 5.92 Å². The fraction of sp³-hybridized carbons (Fsp3) is 0.571. The Morgan fingerprint density at radius 2 is 1.88 bits per heavy atom. The summed E-state index contributed by atoms with van der Waals surface area (Å²) in [7, 11) is 2.18. The summed E-state index contributed by atoms with van der Waals surface area (Å²) in [6.07, 6.45) is 2.58. The van der Waals surface area contributed by atoms with E-state index >= 15 is 0 Å². The van der Waals surface area contributed by atoms with Gasteiger partial charge in [-0.2, -0.15) is 0 Å². The number of phenolic OH excluding ortho intramolecular Hbond substituents is 1. The van der Waals surface area contributed by atoms with Crippen molar-refractivity contribution in [3.8, 4) is 5.75 Å². The maximum Gasteiger partial charge on any atom is 0.115 e. The van der Waals surface area contributed by atoms with Gasteiger partial charge in [0.1, 0.15) is 5.75 Å². The van der Waals surface area contributed by atoms with Gasteiger partial charge in [-0.3, -0.25) is 0 Å². The molecule has 1 heterocycles.